The maximum Gasteiger partial charge on any atom is 0.247 e. The van der Waals surface area contributed by atoms with Crippen molar-refractivity contribution >= 4 is 0 Å². The van der Waals surface area contributed by atoms with Crippen molar-refractivity contribution in [1.82, 2.24) is 10.3 Å². The Hall–Kier alpha value is -2.14. The van der Waals surface area contributed by atoms with E-state index in [-0.39, 0.29) is 17.4 Å². The van der Waals surface area contributed by atoms with E-state index in [1.165, 1.54) is 38.4 Å². The summed E-state index contributed by atoms with van der Waals surface area (Å²) >= 11 is 0. The molecule has 1 heterocycles. The van der Waals surface area contributed by atoms with E-state index in [0.29, 0.717) is 17.2 Å². The van der Waals surface area contributed by atoms with E-state index in [1.807, 2.05) is 25.3 Å². The average Bonchev–Trinajstić information content (AvgIpc) is 3.15. The van der Waals surface area contributed by atoms with Gasteiger partial charge in [0.1, 0.15) is 0 Å². The molecule has 0 aliphatic heterocycles. The summed E-state index contributed by atoms with van der Waals surface area (Å²) < 4.78 is 19.4. The highest BCUT2D eigenvalue weighted by molar-refractivity contribution is 5.32. The topological polar surface area (TPSA) is 54.1 Å². The molecule has 0 bridgehead atoms. The Balaban J connectivity index is 1.42. The second-order valence-corrected chi connectivity index (χ2v) is 7.54. The normalized spacial score (nSPS) is 20.6. The van der Waals surface area contributed by atoms with Gasteiger partial charge in [-0.25, -0.2) is 4.39 Å². The van der Waals surface area contributed by atoms with Gasteiger partial charge in [-0.15, -0.1) is 0 Å². The Morgan fingerprint density at radius 1 is 1.30 bits per heavy atom. The molecule has 3 unspecified atom stereocenters. The predicted molar refractivity (Wildman–Crippen MR) is 106 cm³/mol. The van der Waals surface area contributed by atoms with Crippen molar-refractivity contribution in [2.75, 3.05) is 13.7 Å². The Bertz CT molecular complexity index is 785. The number of aromatic amines is 1. The zero-order valence-corrected chi connectivity index (χ0v) is 16.1. The third kappa shape index (κ3) is 4.98. The number of methoxy groups -OCH3 is 1. The standard InChI is InChI=1S/C22H29FN2O2/c1-15(19-6-3-7-20(27-2)22(19)23)24-12-4-5-16-8-9-17(13-16)18-10-11-21(26)25-14-18/h3,6-7,10-11,14-17,24H,4-5,8-9,12-13H2,1-2H3,(H,25,26). The van der Waals surface area contributed by atoms with Crippen molar-refractivity contribution in [2.24, 2.45) is 5.92 Å². The van der Waals surface area contributed by atoms with Crippen LogP contribution in [-0.4, -0.2) is 18.6 Å². The number of pyridine rings is 1. The minimum atomic E-state index is -0.278. The van der Waals surface area contributed by atoms with E-state index < -0.39 is 0 Å². The second-order valence-electron chi connectivity index (χ2n) is 7.54. The summed E-state index contributed by atoms with van der Waals surface area (Å²) in [5, 5.41) is 3.43. The number of nitrogens with one attached hydrogen (secondary N) is 2. The third-order valence-electron chi connectivity index (χ3n) is 5.74. The quantitative estimate of drug-likeness (QED) is 0.669. The molecule has 3 rings (SSSR count). The fourth-order valence-corrected chi connectivity index (χ4v) is 4.16. The summed E-state index contributed by atoms with van der Waals surface area (Å²) in [6, 6.07) is 8.80. The van der Waals surface area contributed by atoms with Gasteiger partial charge in [0.05, 0.1) is 7.11 Å². The first-order chi connectivity index (χ1) is 13.1. The van der Waals surface area contributed by atoms with E-state index in [2.05, 4.69) is 10.3 Å². The number of halogens is 1. The second kappa shape index (κ2) is 9.18. The summed E-state index contributed by atoms with van der Waals surface area (Å²) in [7, 11) is 1.49. The molecule has 1 saturated carbocycles. The van der Waals surface area contributed by atoms with E-state index in [1.54, 1.807) is 18.2 Å². The van der Waals surface area contributed by atoms with Crippen LogP contribution in [0.1, 0.15) is 62.1 Å². The summed E-state index contributed by atoms with van der Waals surface area (Å²) in [5.41, 5.74) is 1.85. The van der Waals surface area contributed by atoms with Gasteiger partial charge in [0.2, 0.25) is 5.56 Å². The maximum atomic E-state index is 14.3. The minimum absolute atomic E-state index is 0.0408. The monoisotopic (exact) mass is 372 g/mol. The zero-order chi connectivity index (χ0) is 19.2. The van der Waals surface area contributed by atoms with Crippen LogP contribution in [0.4, 0.5) is 4.39 Å². The van der Waals surface area contributed by atoms with Crippen molar-refractivity contribution in [1.29, 1.82) is 0 Å². The van der Waals surface area contributed by atoms with Crippen LogP contribution in [0.2, 0.25) is 0 Å². The van der Waals surface area contributed by atoms with Crippen LogP contribution >= 0.6 is 0 Å². The molecular formula is C22H29FN2O2. The molecular weight excluding hydrogens is 343 g/mol. The van der Waals surface area contributed by atoms with Crippen LogP contribution in [-0.2, 0) is 0 Å². The number of H-pyrrole nitrogens is 1. The van der Waals surface area contributed by atoms with Gasteiger partial charge in [0, 0.05) is 23.9 Å². The number of rotatable bonds is 8. The Kier molecular flexibility index (Phi) is 6.67. The van der Waals surface area contributed by atoms with Crippen LogP contribution in [0.15, 0.2) is 41.3 Å². The van der Waals surface area contributed by atoms with Crippen LogP contribution in [0.5, 0.6) is 5.75 Å². The number of hydrogen-bond acceptors (Lipinski definition) is 3. The van der Waals surface area contributed by atoms with Crippen LogP contribution in [0.3, 0.4) is 0 Å². The molecule has 2 aromatic rings. The molecule has 27 heavy (non-hydrogen) atoms. The third-order valence-corrected chi connectivity index (χ3v) is 5.74. The van der Waals surface area contributed by atoms with Crippen molar-refractivity contribution in [3.8, 4) is 5.75 Å². The fraction of sp³-hybridized carbons (Fsp3) is 0.500. The Morgan fingerprint density at radius 3 is 2.89 bits per heavy atom. The smallest absolute Gasteiger partial charge is 0.247 e. The number of benzene rings is 1. The van der Waals surface area contributed by atoms with E-state index in [9.17, 15) is 9.18 Å². The molecule has 4 nitrogen and oxygen atoms in total. The highest BCUT2D eigenvalue weighted by atomic mass is 19.1. The summed E-state index contributed by atoms with van der Waals surface area (Å²) in [6.45, 7) is 2.86. The molecule has 0 spiro atoms. The first kappa shape index (κ1) is 19.6. The molecule has 1 aliphatic rings. The number of hydrogen-bond donors (Lipinski definition) is 2. The first-order valence-corrected chi connectivity index (χ1v) is 9.83. The van der Waals surface area contributed by atoms with Crippen molar-refractivity contribution in [3.05, 3.63) is 63.8 Å². The molecule has 0 saturated heterocycles. The van der Waals surface area contributed by atoms with Crippen molar-refractivity contribution in [2.45, 2.75) is 51.0 Å². The fourth-order valence-electron chi connectivity index (χ4n) is 4.16. The van der Waals surface area contributed by atoms with E-state index >= 15 is 0 Å². The SMILES string of the molecule is COc1cccc(C(C)NCCCC2CCC(c3ccc(=O)[nH]c3)C2)c1F. The van der Waals surface area contributed by atoms with Gasteiger partial charge in [-0.3, -0.25) is 4.79 Å². The van der Waals surface area contributed by atoms with E-state index in [0.717, 1.165) is 18.9 Å². The van der Waals surface area contributed by atoms with Gasteiger partial charge in [0.15, 0.2) is 11.6 Å². The van der Waals surface area contributed by atoms with E-state index in [4.69, 9.17) is 4.74 Å². The molecule has 1 fully saturated rings. The molecule has 2 N–H and O–H groups in total. The van der Waals surface area contributed by atoms with Gasteiger partial charge in [-0.2, -0.15) is 0 Å². The lowest BCUT2D eigenvalue weighted by Gasteiger charge is -2.17. The zero-order valence-electron chi connectivity index (χ0n) is 16.1. The highest BCUT2D eigenvalue weighted by Crippen LogP contribution is 2.39. The first-order valence-electron chi connectivity index (χ1n) is 9.83. The number of ether oxygens (including phenoxy) is 1. The van der Waals surface area contributed by atoms with Crippen LogP contribution < -0.4 is 15.6 Å². The van der Waals surface area contributed by atoms with Gasteiger partial charge in [0.25, 0.3) is 0 Å². The lowest BCUT2D eigenvalue weighted by molar-refractivity contribution is 0.379. The predicted octanol–water partition coefficient (Wildman–Crippen LogP) is 4.54. The van der Waals surface area contributed by atoms with Crippen LogP contribution in [0.25, 0.3) is 0 Å². The lowest BCUT2D eigenvalue weighted by Crippen LogP contribution is -2.21. The van der Waals surface area contributed by atoms with Crippen LogP contribution in [0, 0.1) is 11.7 Å². The average molecular weight is 372 g/mol. The molecule has 1 aliphatic carbocycles. The molecule has 0 amide bonds. The maximum absolute atomic E-state index is 14.3. The summed E-state index contributed by atoms with van der Waals surface area (Å²) in [4.78, 5) is 14.0. The molecule has 1 aromatic carbocycles. The van der Waals surface area contributed by atoms with Gasteiger partial charge in [-0.05, 0) is 69.0 Å². The molecule has 146 valence electrons. The molecule has 5 heteroatoms. The largest absolute Gasteiger partial charge is 0.494 e. The van der Waals surface area contributed by atoms with Gasteiger partial charge < -0.3 is 15.0 Å². The Labute approximate surface area is 160 Å². The van der Waals surface area contributed by atoms with Crippen molar-refractivity contribution < 1.29 is 9.13 Å². The number of aromatic nitrogens is 1. The Morgan fingerprint density at radius 2 is 2.15 bits per heavy atom. The van der Waals surface area contributed by atoms with Crippen molar-refractivity contribution in [3.63, 3.8) is 0 Å². The molecule has 1 aromatic heterocycles. The van der Waals surface area contributed by atoms with Gasteiger partial charge in [-0.1, -0.05) is 18.2 Å². The highest BCUT2D eigenvalue weighted by Gasteiger charge is 2.25. The summed E-state index contributed by atoms with van der Waals surface area (Å²) in [5.74, 6) is 1.30. The minimum Gasteiger partial charge on any atom is -0.494 e. The summed E-state index contributed by atoms with van der Waals surface area (Å²) in [6.07, 6.45) is 7.74. The molecule has 0 radical (unpaired) electrons. The van der Waals surface area contributed by atoms with Gasteiger partial charge >= 0.3 is 0 Å². The molecule has 3 atom stereocenters. The lowest BCUT2D eigenvalue weighted by atomic mass is 9.96.